The SMILES string of the molecule is Cc1cscc1C(=O)NC(C(=O)O)c1ccccc1. The van der Waals surface area contributed by atoms with Crippen molar-refractivity contribution >= 4 is 23.2 Å². The highest BCUT2D eigenvalue weighted by molar-refractivity contribution is 7.08. The second kappa shape index (κ2) is 5.67. The molecule has 1 unspecified atom stereocenters. The molecule has 1 amide bonds. The molecule has 0 saturated heterocycles. The number of carbonyl (C=O) groups is 2. The number of rotatable bonds is 4. The molecule has 0 spiro atoms. The van der Waals surface area contributed by atoms with Gasteiger partial charge in [0.25, 0.3) is 5.91 Å². The average molecular weight is 275 g/mol. The highest BCUT2D eigenvalue weighted by Gasteiger charge is 2.23. The fraction of sp³-hybridized carbons (Fsp3) is 0.143. The minimum Gasteiger partial charge on any atom is -0.479 e. The van der Waals surface area contributed by atoms with Crippen LogP contribution in [0.5, 0.6) is 0 Å². The third kappa shape index (κ3) is 3.00. The molecule has 98 valence electrons. The molecular weight excluding hydrogens is 262 g/mol. The molecule has 1 aromatic carbocycles. The summed E-state index contributed by atoms with van der Waals surface area (Å²) in [6, 6.07) is 7.61. The Labute approximate surface area is 114 Å². The molecule has 19 heavy (non-hydrogen) atoms. The van der Waals surface area contributed by atoms with Crippen LogP contribution >= 0.6 is 11.3 Å². The number of amides is 1. The van der Waals surface area contributed by atoms with E-state index in [1.807, 2.05) is 12.3 Å². The summed E-state index contributed by atoms with van der Waals surface area (Å²) in [6.45, 7) is 1.82. The number of benzene rings is 1. The number of aliphatic carboxylic acids is 1. The van der Waals surface area contributed by atoms with Crippen molar-refractivity contribution in [2.45, 2.75) is 13.0 Å². The van der Waals surface area contributed by atoms with Gasteiger partial charge in [-0.05, 0) is 23.4 Å². The van der Waals surface area contributed by atoms with E-state index in [1.54, 1.807) is 35.7 Å². The molecule has 1 atom stereocenters. The molecule has 0 aliphatic rings. The van der Waals surface area contributed by atoms with Gasteiger partial charge < -0.3 is 10.4 Å². The second-order valence-corrected chi connectivity index (χ2v) is 4.87. The first kappa shape index (κ1) is 13.3. The van der Waals surface area contributed by atoms with Gasteiger partial charge in [0.15, 0.2) is 6.04 Å². The Hall–Kier alpha value is -2.14. The van der Waals surface area contributed by atoms with E-state index < -0.39 is 12.0 Å². The quantitative estimate of drug-likeness (QED) is 0.901. The number of nitrogens with one attached hydrogen (secondary N) is 1. The van der Waals surface area contributed by atoms with Gasteiger partial charge in [-0.3, -0.25) is 4.79 Å². The minimum absolute atomic E-state index is 0.366. The van der Waals surface area contributed by atoms with Crippen molar-refractivity contribution in [3.8, 4) is 0 Å². The van der Waals surface area contributed by atoms with Crippen LogP contribution in [-0.4, -0.2) is 17.0 Å². The molecule has 2 N–H and O–H groups in total. The standard InChI is InChI=1S/C14H13NO3S/c1-9-7-19-8-11(9)13(16)15-12(14(17)18)10-5-3-2-4-6-10/h2-8,12H,1H3,(H,15,16)(H,17,18). The van der Waals surface area contributed by atoms with Crippen molar-refractivity contribution < 1.29 is 14.7 Å². The normalized spacial score (nSPS) is 11.8. The number of carboxylic acids is 1. The minimum atomic E-state index is -1.08. The van der Waals surface area contributed by atoms with Crippen molar-refractivity contribution in [1.29, 1.82) is 0 Å². The summed E-state index contributed by atoms with van der Waals surface area (Å²) in [5.74, 6) is -1.44. The fourth-order valence-corrected chi connectivity index (χ4v) is 2.56. The van der Waals surface area contributed by atoms with Gasteiger partial charge >= 0.3 is 5.97 Å². The zero-order valence-electron chi connectivity index (χ0n) is 10.3. The third-order valence-corrected chi connectivity index (χ3v) is 3.62. The summed E-state index contributed by atoms with van der Waals surface area (Å²) in [7, 11) is 0. The van der Waals surface area contributed by atoms with Crippen LogP contribution in [0.1, 0.15) is 27.5 Å². The summed E-state index contributed by atoms with van der Waals surface area (Å²) in [4.78, 5) is 23.3. The molecule has 1 heterocycles. The van der Waals surface area contributed by atoms with Crippen LogP contribution < -0.4 is 5.32 Å². The maximum Gasteiger partial charge on any atom is 0.330 e. The van der Waals surface area contributed by atoms with Gasteiger partial charge in [0.1, 0.15) is 0 Å². The number of aryl methyl sites for hydroxylation is 1. The molecule has 4 nitrogen and oxygen atoms in total. The molecule has 5 heteroatoms. The van der Waals surface area contributed by atoms with Crippen LogP contribution in [0.25, 0.3) is 0 Å². The van der Waals surface area contributed by atoms with Crippen LogP contribution in [-0.2, 0) is 4.79 Å². The summed E-state index contributed by atoms with van der Waals surface area (Å²) in [6.07, 6.45) is 0. The number of carboxylic acid groups (broad SMARTS) is 1. The van der Waals surface area contributed by atoms with E-state index in [9.17, 15) is 14.7 Å². The number of hydrogen-bond donors (Lipinski definition) is 2. The van der Waals surface area contributed by atoms with Crippen molar-refractivity contribution in [1.82, 2.24) is 5.32 Å². The van der Waals surface area contributed by atoms with Crippen LogP contribution in [0.15, 0.2) is 41.1 Å². The third-order valence-electron chi connectivity index (χ3n) is 2.76. The smallest absolute Gasteiger partial charge is 0.330 e. The second-order valence-electron chi connectivity index (χ2n) is 4.12. The molecule has 2 rings (SSSR count). The lowest BCUT2D eigenvalue weighted by Crippen LogP contribution is -2.33. The molecule has 0 bridgehead atoms. The number of hydrogen-bond acceptors (Lipinski definition) is 3. The molecule has 0 aliphatic carbocycles. The molecule has 1 aromatic heterocycles. The van der Waals surface area contributed by atoms with Crippen LogP contribution in [0, 0.1) is 6.92 Å². The van der Waals surface area contributed by atoms with E-state index in [0.717, 1.165) is 5.56 Å². The Balaban J connectivity index is 2.21. The van der Waals surface area contributed by atoms with E-state index in [4.69, 9.17) is 0 Å². The summed E-state index contributed by atoms with van der Waals surface area (Å²) in [5.41, 5.74) is 1.92. The Morgan fingerprint density at radius 3 is 2.42 bits per heavy atom. The Morgan fingerprint density at radius 1 is 1.21 bits per heavy atom. The van der Waals surface area contributed by atoms with Gasteiger partial charge in [0, 0.05) is 5.38 Å². The van der Waals surface area contributed by atoms with Gasteiger partial charge in [0.05, 0.1) is 5.56 Å². The van der Waals surface area contributed by atoms with Crippen molar-refractivity contribution in [2.24, 2.45) is 0 Å². The number of thiophene rings is 1. The van der Waals surface area contributed by atoms with Gasteiger partial charge in [-0.25, -0.2) is 4.79 Å². The largest absolute Gasteiger partial charge is 0.479 e. The number of carbonyl (C=O) groups excluding carboxylic acids is 1. The first-order valence-corrected chi connectivity index (χ1v) is 6.65. The summed E-state index contributed by atoms with van der Waals surface area (Å²) >= 11 is 1.42. The lowest BCUT2D eigenvalue weighted by molar-refractivity contribution is -0.139. The first-order valence-electron chi connectivity index (χ1n) is 5.71. The van der Waals surface area contributed by atoms with Crippen molar-refractivity contribution in [3.63, 3.8) is 0 Å². The maximum atomic E-state index is 12.0. The first-order chi connectivity index (χ1) is 9.09. The topological polar surface area (TPSA) is 66.4 Å². The summed E-state index contributed by atoms with van der Waals surface area (Å²) < 4.78 is 0. The van der Waals surface area contributed by atoms with E-state index in [-0.39, 0.29) is 5.91 Å². The lowest BCUT2D eigenvalue weighted by Gasteiger charge is -2.14. The Morgan fingerprint density at radius 2 is 1.89 bits per heavy atom. The van der Waals surface area contributed by atoms with E-state index >= 15 is 0 Å². The van der Waals surface area contributed by atoms with Crippen LogP contribution in [0.2, 0.25) is 0 Å². The van der Waals surface area contributed by atoms with Crippen molar-refractivity contribution in [2.75, 3.05) is 0 Å². The van der Waals surface area contributed by atoms with E-state index in [1.165, 1.54) is 11.3 Å². The van der Waals surface area contributed by atoms with Crippen LogP contribution in [0.3, 0.4) is 0 Å². The summed E-state index contributed by atoms with van der Waals surface area (Å²) in [5, 5.41) is 15.3. The lowest BCUT2D eigenvalue weighted by atomic mass is 10.1. The highest BCUT2D eigenvalue weighted by Crippen LogP contribution is 2.17. The molecular formula is C14H13NO3S. The Bertz CT molecular complexity index is 592. The van der Waals surface area contributed by atoms with Crippen LogP contribution in [0.4, 0.5) is 0 Å². The molecule has 2 aromatic rings. The van der Waals surface area contributed by atoms with E-state index in [0.29, 0.717) is 11.1 Å². The van der Waals surface area contributed by atoms with Gasteiger partial charge in [-0.15, -0.1) is 0 Å². The molecule has 0 aliphatic heterocycles. The Kier molecular flexibility index (Phi) is 3.97. The highest BCUT2D eigenvalue weighted by atomic mass is 32.1. The van der Waals surface area contributed by atoms with E-state index in [2.05, 4.69) is 5.32 Å². The monoisotopic (exact) mass is 275 g/mol. The van der Waals surface area contributed by atoms with Gasteiger partial charge in [-0.2, -0.15) is 11.3 Å². The average Bonchev–Trinajstić information content (AvgIpc) is 2.82. The van der Waals surface area contributed by atoms with Gasteiger partial charge in [0.2, 0.25) is 0 Å². The molecule has 0 fully saturated rings. The predicted molar refractivity (Wildman–Crippen MR) is 73.3 cm³/mol. The van der Waals surface area contributed by atoms with Crippen molar-refractivity contribution in [3.05, 3.63) is 57.8 Å². The maximum absolute atomic E-state index is 12.0. The predicted octanol–water partition coefficient (Wildman–Crippen LogP) is 2.61. The molecule has 0 saturated carbocycles. The molecule has 0 radical (unpaired) electrons. The zero-order valence-corrected chi connectivity index (χ0v) is 11.1. The zero-order chi connectivity index (χ0) is 13.8. The fourth-order valence-electron chi connectivity index (χ4n) is 1.74. The van der Waals surface area contributed by atoms with Gasteiger partial charge in [-0.1, -0.05) is 30.3 Å².